The van der Waals surface area contributed by atoms with E-state index >= 15 is 0 Å². The van der Waals surface area contributed by atoms with Crippen LogP contribution in [-0.2, 0) is 9.59 Å². The lowest BCUT2D eigenvalue weighted by molar-refractivity contribution is -0.126. The van der Waals surface area contributed by atoms with E-state index in [1.165, 1.54) is 7.11 Å². The van der Waals surface area contributed by atoms with E-state index in [2.05, 4.69) is 10.6 Å². The quantitative estimate of drug-likeness (QED) is 0.593. The van der Waals surface area contributed by atoms with Crippen molar-refractivity contribution in [2.75, 3.05) is 25.7 Å². The maximum atomic E-state index is 12.2. The zero-order valence-corrected chi connectivity index (χ0v) is 13.9. The molecule has 0 aliphatic rings. The fourth-order valence-corrected chi connectivity index (χ4v) is 2.26. The third-order valence-electron chi connectivity index (χ3n) is 3.02. The molecule has 0 bridgehead atoms. The van der Waals surface area contributed by atoms with Crippen LogP contribution in [0.3, 0.4) is 0 Å². The fraction of sp³-hybridized carbons (Fsp3) is 0.400. The number of primary amides is 1. The first-order valence-electron chi connectivity index (χ1n) is 6.97. The van der Waals surface area contributed by atoms with E-state index in [0.29, 0.717) is 23.5 Å². The molecule has 0 spiro atoms. The summed E-state index contributed by atoms with van der Waals surface area (Å²) in [5.74, 6) is -0.104. The second-order valence-corrected chi connectivity index (χ2v) is 5.71. The van der Waals surface area contributed by atoms with Gasteiger partial charge in [0.05, 0.1) is 13.7 Å². The van der Waals surface area contributed by atoms with Crippen molar-refractivity contribution >= 4 is 29.5 Å². The number of nitrogens with two attached hydrogens (primary N) is 1. The van der Waals surface area contributed by atoms with Crippen molar-refractivity contribution in [1.82, 2.24) is 10.6 Å². The number of rotatable bonds is 9. The van der Waals surface area contributed by atoms with Gasteiger partial charge in [-0.05, 0) is 42.7 Å². The molecule has 1 atom stereocenters. The maximum absolute atomic E-state index is 12.2. The third-order valence-corrected chi connectivity index (χ3v) is 3.67. The molecule has 126 valence electrons. The molecule has 1 aromatic carbocycles. The molecule has 0 heterocycles. The molecule has 0 aliphatic heterocycles. The molecule has 3 amide bonds. The van der Waals surface area contributed by atoms with Gasteiger partial charge in [0.15, 0.2) is 0 Å². The Balaban J connectivity index is 2.71. The lowest BCUT2D eigenvalue weighted by Gasteiger charge is -2.18. The van der Waals surface area contributed by atoms with Gasteiger partial charge in [-0.1, -0.05) is 0 Å². The molecule has 23 heavy (non-hydrogen) atoms. The first-order valence-corrected chi connectivity index (χ1v) is 8.37. The minimum absolute atomic E-state index is 0.257. The van der Waals surface area contributed by atoms with Crippen LogP contribution in [0.15, 0.2) is 24.3 Å². The second kappa shape index (κ2) is 9.73. The second-order valence-electron chi connectivity index (χ2n) is 4.72. The van der Waals surface area contributed by atoms with Gasteiger partial charge in [-0.3, -0.25) is 14.4 Å². The summed E-state index contributed by atoms with van der Waals surface area (Å²) < 4.78 is 5.03. The van der Waals surface area contributed by atoms with Crippen molar-refractivity contribution in [2.24, 2.45) is 5.73 Å². The molecule has 0 fully saturated rings. The summed E-state index contributed by atoms with van der Waals surface area (Å²) in [7, 11) is 1.54. The number of hydrogen-bond acceptors (Lipinski definition) is 5. The molecule has 0 radical (unpaired) electrons. The number of hydrogen-bond donors (Lipinski definition) is 3. The molecule has 0 saturated heterocycles. The molecule has 0 aromatic heterocycles. The van der Waals surface area contributed by atoms with E-state index in [1.807, 2.05) is 6.26 Å². The Morgan fingerprint density at radius 1 is 1.26 bits per heavy atom. The van der Waals surface area contributed by atoms with Crippen LogP contribution < -0.4 is 21.1 Å². The largest absolute Gasteiger partial charge is 0.497 e. The van der Waals surface area contributed by atoms with E-state index < -0.39 is 17.9 Å². The van der Waals surface area contributed by atoms with Crippen molar-refractivity contribution in [3.05, 3.63) is 29.8 Å². The van der Waals surface area contributed by atoms with Crippen molar-refractivity contribution in [3.63, 3.8) is 0 Å². The number of ether oxygens (including phenoxy) is 1. The van der Waals surface area contributed by atoms with Crippen molar-refractivity contribution in [3.8, 4) is 5.75 Å². The van der Waals surface area contributed by atoms with Crippen LogP contribution in [0.25, 0.3) is 0 Å². The Bertz CT molecular complexity index is 548. The van der Waals surface area contributed by atoms with Gasteiger partial charge >= 0.3 is 0 Å². The smallest absolute Gasteiger partial charge is 0.251 e. The van der Waals surface area contributed by atoms with Crippen LogP contribution >= 0.6 is 11.8 Å². The number of amides is 3. The molecular formula is C15H21N3O4S. The van der Waals surface area contributed by atoms with Crippen LogP contribution in [0.2, 0.25) is 0 Å². The van der Waals surface area contributed by atoms with Gasteiger partial charge < -0.3 is 21.1 Å². The Labute approximate surface area is 139 Å². The normalized spacial score (nSPS) is 11.4. The number of nitrogens with one attached hydrogen (secondary N) is 2. The number of benzene rings is 1. The first-order chi connectivity index (χ1) is 11.0. The van der Waals surface area contributed by atoms with Gasteiger partial charge in [-0.25, -0.2) is 0 Å². The van der Waals surface area contributed by atoms with Gasteiger partial charge in [0.25, 0.3) is 5.91 Å². The first kappa shape index (κ1) is 18.8. The molecule has 0 unspecified atom stereocenters. The Morgan fingerprint density at radius 3 is 2.43 bits per heavy atom. The van der Waals surface area contributed by atoms with Crippen LogP contribution in [0, 0.1) is 0 Å². The zero-order valence-electron chi connectivity index (χ0n) is 13.1. The topological polar surface area (TPSA) is 111 Å². The summed E-state index contributed by atoms with van der Waals surface area (Å²) >= 11 is 1.56. The Hall–Kier alpha value is -2.22. The number of carbonyl (C=O) groups is 3. The van der Waals surface area contributed by atoms with Crippen molar-refractivity contribution in [1.29, 1.82) is 0 Å². The number of thioether (sulfide) groups is 1. The van der Waals surface area contributed by atoms with E-state index in [0.717, 1.165) is 0 Å². The molecule has 1 aromatic rings. The average molecular weight is 339 g/mol. The minimum Gasteiger partial charge on any atom is -0.497 e. The van der Waals surface area contributed by atoms with E-state index in [-0.39, 0.29) is 12.5 Å². The summed E-state index contributed by atoms with van der Waals surface area (Å²) in [6, 6.07) is 5.83. The Morgan fingerprint density at radius 2 is 1.91 bits per heavy atom. The number of methoxy groups -OCH3 is 1. The highest BCUT2D eigenvalue weighted by Gasteiger charge is 2.21. The number of carbonyl (C=O) groups excluding carboxylic acids is 3. The molecule has 0 saturated carbocycles. The molecule has 1 rings (SSSR count). The maximum Gasteiger partial charge on any atom is 0.251 e. The molecule has 4 N–H and O–H groups in total. The predicted octanol–water partition coefficient (Wildman–Crippen LogP) is 0.148. The highest BCUT2D eigenvalue weighted by atomic mass is 32.2. The Kier molecular flexibility index (Phi) is 7.96. The van der Waals surface area contributed by atoms with Crippen LogP contribution in [0.5, 0.6) is 5.75 Å². The lowest BCUT2D eigenvalue weighted by atomic mass is 10.1. The molecule has 8 heteroatoms. The standard InChI is InChI=1S/C15H21N3O4S/c1-22-11-5-3-10(4-6-11)14(20)18-12(7-8-23-2)15(21)17-9-13(16)19/h3-6,12H,7-9H2,1-2H3,(H2,16,19)(H,17,21)(H,18,20)/t12-/m1/s1. The van der Waals surface area contributed by atoms with Crippen LogP contribution in [-0.4, -0.2) is 49.4 Å². The summed E-state index contributed by atoms with van der Waals surface area (Å²) in [5, 5.41) is 5.08. The van der Waals surface area contributed by atoms with Crippen LogP contribution in [0.1, 0.15) is 16.8 Å². The summed E-state index contributed by atoms with van der Waals surface area (Å²) in [4.78, 5) is 35.0. The average Bonchev–Trinajstić information content (AvgIpc) is 2.56. The van der Waals surface area contributed by atoms with Crippen molar-refractivity contribution in [2.45, 2.75) is 12.5 Å². The molecule has 7 nitrogen and oxygen atoms in total. The zero-order chi connectivity index (χ0) is 17.2. The van der Waals surface area contributed by atoms with Crippen LogP contribution in [0.4, 0.5) is 0 Å². The summed E-state index contributed by atoms with van der Waals surface area (Å²) in [6.45, 7) is -0.257. The predicted molar refractivity (Wildman–Crippen MR) is 89.5 cm³/mol. The van der Waals surface area contributed by atoms with Gasteiger partial charge in [-0.2, -0.15) is 11.8 Å². The highest BCUT2D eigenvalue weighted by Crippen LogP contribution is 2.11. The fourth-order valence-electron chi connectivity index (χ4n) is 1.79. The SMILES string of the molecule is COc1ccc(C(=O)N[C@H](CCSC)C(=O)NCC(N)=O)cc1. The third kappa shape index (κ3) is 6.60. The highest BCUT2D eigenvalue weighted by molar-refractivity contribution is 7.98. The van der Waals surface area contributed by atoms with E-state index in [4.69, 9.17) is 10.5 Å². The molecule has 0 aliphatic carbocycles. The molecular weight excluding hydrogens is 318 g/mol. The summed E-state index contributed by atoms with van der Waals surface area (Å²) in [5.41, 5.74) is 5.42. The monoisotopic (exact) mass is 339 g/mol. The summed E-state index contributed by atoms with van der Waals surface area (Å²) in [6.07, 6.45) is 2.36. The van der Waals surface area contributed by atoms with Gasteiger partial charge in [0.1, 0.15) is 11.8 Å². The minimum atomic E-state index is -0.726. The van der Waals surface area contributed by atoms with E-state index in [9.17, 15) is 14.4 Å². The van der Waals surface area contributed by atoms with Crippen molar-refractivity contribution < 1.29 is 19.1 Å². The van der Waals surface area contributed by atoms with Gasteiger partial charge in [0, 0.05) is 5.56 Å². The van der Waals surface area contributed by atoms with E-state index in [1.54, 1.807) is 36.0 Å². The van der Waals surface area contributed by atoms with Gasteiger partial charge in [0.2, 0.25) is 11.8 Å². The lowest BCUT2D eigenvalue weighted by Crippen LogP contribution is -2.48. The van der Waals surface area contributed by atoms with Gasteiger partial charge in [-0.15, -0.1) is 0 Å².